The molecular formula is C13H18BrClN2O. The van der Waals surface area contributed by atoms with E-state index in [9.17, 15) is 4.79 Å². The molecule has 3 nitrogen and oxygen atoms in total. The normalized spacial score (nSPS) is 12.3. The van der Waals surface area contributed by atoms with Crippen LogP contribution in [-0.4, -0.2) is 30.9 Å². The summed E-state index contributed by atoms with van der Waals surface area (Å²) in [5.74, 6) is 0.0811. The average molecular weight is 334 g/mol. The Morgan fingerprint density at radius 3 is 2.78 bits per heavy atom. The highest BCUT2D eigenvalue weighted by Crippen LogP contribution is 2.26. The molecule has 1 atom stereocenters. The minimum Gasteiger partial charge on any atom is -0.345 e. The van der Waals surface area contributed by atoms with Crippen LogP contribution in [0.15, 0.2) is 22.7 Å². The monoisotopic (exact) mass is 332 g/mol. The molecule has 0 bridgehead atoms. The lowest BCUT2D eigenvalue weighted by Gasteiger charge is -2.19. The van der Waals surface area contributed by atoms with E-state index in [0.717, 1.165) is 10.0 Å². The minimum absolute atomic E-state index is 0.0415. The first-order valence-electron chi connectivity index (χ1n) is 5.88. The van der Waals surface area contributed by atoms with E-state index in [1.807, 2.05) is 32.0 Å². The summed E-state index contributed by atoms with van der Waals surface area (Å²) >= 11 is 9.53. The Hall–Kier alpha value is -0.580. The molecule has 0 aromatic heterocycles. The number of halogens is 2. The van der Waals surface area contributed by atoms with Crippen LogP contribution in [0.5, 0.6) is 0 Å². The second-order valence-corrected chi connectivity index (χ2v) is 5.50. The molecule has 1 rings (SSSR count). The molecule has 0 aliphatic heterocycles. The molecule has 0 aliphatic rings. The van der Waals surface area contributed by atoms with Crippen LogP contribution in [0.3, 0.4) is 0 Å². The molecule has 5 heteroatoms. The van der Waals surface area contributed by atoms with Crippen LogP contribution in [0.4, 0.5) is 0 Å². The Morgan fingerprint density at radius 2 is 2.22 bits per heavy atom. The van der Waals surface area contributed by atoms with Crippen molar-refractivity contribution in [2.75, 3.05) is 20.1 Å². The number of hydrogen-bond acceptors (Lipinski definition) is 2. The smallest absolute Gasteiger partial charge is 0.236 e. The van der Waals surface area contributed by atoms with Crippen LogP contribution < -0.4 is 5.32 Å². The van der Waals surface area contributed by atoms with Gasteiger partial charge in [0.05, 0.1) is 6.54 Å². The number of rotatable bonds is 5. The van der Waals surface area contributed by atoms with Gasteiger partial charge in [-0.25, -0.2) is 0 Å². The highest BCUT2D eigenvalue weighted by Gasteiger charge is 2.12. The Balaban J connectivity index is 2.60. The van der Waals surface area contributed by atoms with E-state index in [0.29, 0.717) is 18.1 Å². The van der Waals surface area contributed by atoms with Crippen molar-refractivity contribution in [2.24, 2.45) is 0 Å². The zero-order valence-corrected chi connectivity index (χ0v) is 13.2. The van der Waals surface area contributed by atoms with Crippen molar-refractivity contribution in [3.05, 3.63) is 33.3 Å². The van der Waals surface area contributed by atoms with E-state index in [4.69, 9.17) is 11.6 Å². The number of amides is 1. The van der Waals surface area contributed by atoms with Gasteiger partial charge < -0.3 is 10.2 Å². The maximum absolute atomic E-state index is 11.7. The summed E-state index contributed by atoms with van der Waals surface area (Å²) in [4.78, 5) is 13.4. The maximum Gasteiger partial charge on any atom is 0.236 e. The number of carbonyl (C=O) groups is 1. The Kier molecular flexibility index (Phi) is 6.12. The standard InChI is InChI=1S/C13H18BrClN2O/c1-4-17(3)13(18)8-16-9(2)11-6-5-10(14)7-12(11)15/h5-7,9,16H,4,8H2,1-3H3. The van der Waals surface area contributed by atoms with Crippen LogP contribution in [0, 0.1) is 0 Å². The summed E-state index contributed by atoms with van der Waals surface area (Å²) in [6, 6.07) is 5.80. The van der Waals surface area contributed by atoms with Gasteiger partial charge in [0.25, 0.3) is 0 Å². The predicted molar refractivity (Wildman–Crippen MR) is 78.9 cm³/mol. The first kappa shape index (κ1) is 15.5. The molecular weight excluding hydrogens is 316 g/mol. The van der Waals surface area contributed by atoms with Gasteiger partial charge in [0.1, 0.15) is 0 Å². The molecule has 0 saturated heterocycles. The van der Waals surface area contributed by atoms with Gasteiger partial charge in [0, 0.05) is 29.1 Å². The van der Waals surface area contributed by atoms with Gasteiger partial charge in [0.2, 0.25) is 5.91 Å². The molecule has 1 aromatic rings. The highest BCUT2D eigenvalue weighted by molar-refractivity contribution is 9.10. The first-order valence-corrected chi connectivity index (χ1v) is 7.05. The number of benzene rings is 1. The van der Waals surface area contributed by atoms with E-state index in [-0.39, 0.29) is 11.9 Å². The van der Waals surface area contributed by atoms with E-state index >= 15 is 0 Å². The topological polar surface area (TPSA) is 32.3 Å². The number of hydrogen-bond donors (Lipinski definition) is 1. The number of nitrogens with one attached hydrogen (secondary N) is 1. The lowest BCUT2D eigenvalue weighted by molar-refractivity contribution is -0.128. The summed E-state index contributed by atoms with van der Waals surface area (Å²) in [6.07, 6.45) is 0. The minimum atomic E-state index is 0.0415. The second-order valence-electron chi connectivity index (χ2n) is 4.18. The SMILES string of the molecule is CCN(C)C(=O)CNC(C)c1ccc(Br)cc1Cl. The summed E-state index contributed by atoms with van der Waals surface area (Å²) in [5.41, 5.74) is 0.992. The van der Waals surface area contributed by atoms with Crippen LogP contribution >= 0.6 is 27.5 Å². The molecule has 1 N–H and O–H groups in total. The molecule has 0 radical (unpaired) electrons. The lowest BCUT2D eigenvalue weighted by atomic mass is 10.1. The van der Waals surface area contributed by atoms with Gasteiger partial charge in [-0.05, 0) is 31.5 Å². The van der Waals surface area contributed by atoms with E-state index < -0.39 is 0 Å². The van der Waals surface area contributed by atoms with Gasteiger partial charge in [0.15, 0.2) is 0 Å². The predicted octanol–water partition coefficient (Wildman–Crippen LogP) is 3.23. The van der Waals surface area contributed by atoms with Crippen LogP contribution in [0.1, 0.15) is 25.5 Å². The fourth-order valence-electron chi connectivity index (χ4n) is 1.51. The van der Waals surface area contributed by atoms with E-state index in [1.165, 1.54) is 0 Å². The molecule has 0 saturated carbocycles. The number of nitrogens with zero attached hydrogens (tertiary/aromatic N) is 1. The largest absolute Gasteiger partial charge is 0.345 e. The Morgan fingerprint density at radius 1 is 1.56 bits per heavy atom. The third kappa shape index (κ3) is 4.26. The first-order chi connectivity index (χ1) is 8.45. The zero-order chi connectivity index (χ0) is 13.7. The van der Waals surface area contributed by atoms with Crippen molar-refractivity contribution in [1.82, 2.24) is 10.2 Å². The number of carbonyl (C=O) groups excluding carboxylic acids is 1. The maximum atomic E-state index is 11.7. The van der Waals surface area contributed by atoms with Crippen molar-refractivity contribution in [2.45, 2.75) is 19.9 Å². The van der Waals surface area contributed by atoms with Gasteiger partial charge in [-0.2, -0.15) is 0 Å². The van der Waals surface area contributed by atoms with Crippen molar-refractivity contribution >= 4 is 33.4 Å². The quantitative estimate of drug-likeness (QED) is 0.897. The fraction of sp³-hybridized carbons (Fsp3) is 0.462. The molecule has 100 valence electrons. The Labute approximate surface area is 122 Å². The summed E-state index contributed by atoms with van der Waals surface area (Å²) in [7, 11) is 1.79. The van der Waals surface area contributed by atoms with Crippen LogP contribution in [0.25, 0.3) is 0 Å². The zero-order valence-electron chi connectivity index (χ0n) is 10.8. The number of likely N-dealkylation sites (N-methyl/N-ethyl adjacent to an activating group) is 1. The summed E-state index contributed by atoms with van der Waals surface area (Å²) < 4.78 is 0.949. The highest BCUT2D eigenvalue weighted by atomic mass is 79.9. The Bertz CT molecular complexity index is 425. The molecule has 0 fully saturated rings. The lowest BCUT2D eigenvalue weighted by Crippen LogP contribution is -2.36. The molecule has 1 amide bonds. The molecule has 0 heterocycles. The van der Waals surface area contributed by atoms with E-state index in [1.54, 1.807) is 11.9 Å². The van der Waals surface area contributed by atoms with E-state index in [2.05, 4.69) is 21.2 Å². The average Bonchev–Trinajstić information content (AvgIpc) is 2.34. The van der Waals surface area contributed by atoms with Crippen LogP contribution in [0.2, 0.25) is 5.02 Å². The van der Waals surface area contributed by atoms with Gasteiger partial charge in [-0.15, -0.1) is 0 Å². The summed E-state index contributed by atoms with van der Waals surface area (Å²) in [5, 5.41) is 3.88. The fourth-order valence-corrected chi connectivity index (χ4v) is 2.35. The van der Waals surface area contributed by atoms with Gasteiger partial charge >= 0.3 is 0 Å². The summed E-state index contributed by atoms with van der Waals surface area (Å²) in [6.45, 7) is 4.98. The molecule has 18 heavy (non-hydrogen) atoms. The molecule has 0 spiro atoms. The van der Waals surface area contributed by atoms with Crippen molar-refractivity contribution < 1.29 is 4.79 Å². The van der Waals surface area contributed by atoms with Gasteiger partial charge in [-0.1, -0.05) is 33.6 Å². The van der Waals surface area contributed by atoms with Crippen molar-refractivity contribution in [3.8, 4) is 0 Å². The van der Waals surface area contributed by atoms with Gasteiger partial charge in [-0.3, -0.25) is 4.79 Å². The van der Waals surface area contributed by atoms with Crippen LogP contribution in [-0.2, 0) is 4.79 Å². The van der Waals surface area contributed by atoms with Crippen molar-refractivity contribution in [3.63, 3.8) is 0 Å². The third-order valence-electron chi connectivity index (χ3n) is 2.89. The molecule has 0 aliphatic carbocycles. The molecule has 1 unspecified atom stereocenters. The second kappa shape index (κ2) is 7.12. The molecule has 1 aromatic carbocycles. The van der Waals surface area contributed by atoms with Crippen molar-refractivity contribution in [1.29, 1.82) is 0 Å². The third-order valence-corrected chi connectivity index (χ3v) is 3.71.